The first-order chi connectivity index (χ1) is 8.59. The highest BCUT2D eigenvalue weighted by molar-refractivity contribution is 6.29. The monoisotopic (exact) mass is 262 g/mol. The van der Waals surface area contributed by atoms with Crippen LogP contribution in [0.4, 0.5) is 0 Å². The largest absolute Gasteiger partial charge is 0.466 e. The molecule has 0 fully saturated rings. The summed E-state index contributed by atoms with van der Waals surface area (Å²) in [5.74, 6) is 2.38. The van der Waals surface area contributed by atoms with Crippen molar-refractivity contribution in [1.29, 1.82) is 0 Å². The van der Waals surface area contributed by atoms with Gasteiger partial charge in [0.25, 0.3) is 0 Å². The number of nitrogens with zero attached hydrogens (tertiary/aromatic N) is 4. The van der Waals surface area contributed by atoms with Crippen LogP contribution in [0.1, 0.15) is 17.1 Å². The Balaban J connectivity index is 2.39. The Morgan fingerprint density at radius 2 is 1.89 bits per heavy atom. The van der Waals surface area contributed by atoms with E-state index in [1.807, 2.05) is 20.8 Å². The molecular weight excluding hydrogens is 252 g/mol. The maximum absolute atomic E-state index is 6.15. The normalized spacial score (nSPS) is 11.3. The first kappa shape index (κ1) is 11.2. The van der Waals surface area contributed by atoms with E-state index in [0.29, 0.717) is 16.6 Å². The smallest absolute Gasteiger partial charge is 0.180 e. The molecule has 3 aromatic rings. The summed E-state index contributed by atoms with van der Waals surface area (Å²) >= 11 is 6.15. The van der Waals surface area contributed by atoms with Crippen LogP contribution < -0.4 is 0 Å². The lowest BCUT2D eigenvalue weighted by Gasteiger charge is -2.01. The Kier molecular flexibility index (Phi) is 2.38. The van der Waals surface area contributed by atoms with Crippen LogP contribution in [-0.2, 0) is 0 Å². The quantitative estimate of drug-likeness (QED) is 0.677. The van der Waals surface area contributed by atoms with Crippen molar-refractivity contribution in [2.75, 3.05) is 0 Å². The predicted molar refractivity (Wildman–Crippen MR) is 67.7 cm³/mol. The van der Waals surface area contributed by atoms with E-state index in [2.05, 4.69) is 15.2 Å². The van der Waals surface area contributed by atoms with Crippen molar-refractivity contribution in [2.24, 2.45) is 0 Å². The van der Waals surface area contributed by atoms with E-state index in [9.17, 15) is 0 Å². The van der Waals surface area contributed by atoms with E-state index < -0.39 is 0 Å². The van der Waals surface area contributed by atoms with Gasteiger partial charge >= 0.3 is 0 Å². The molecule has 6 heteroatoms. The molecule has 0 N–H and O–H groups in total. The Bertz CT molecular complexity index is 744. The lowest BCUT2D eigenvalue weighted by molar-refractivity contribution is 0.503. The lowest BCUT2D eigenvalue weighted by Crippen LogP contribution is -1.93. The van der Waals surface area contributed by atoms with Crippen molar-refractivity contribution in [2.45, 2.75) is 20.8 Å². The highest BCUT2D eigenvalue weighted by Gasteiger charge is 2.19. The van der Waals surface area contributed by atoms with Crippen LogP contribution in [0.5, 0.6) is 0 Å². The molecule has 0 atom stereocenters. The minimum Gasteiger partial charge on any atom is -0.466 e. The number of halogens is 1. The van der Waals surface area contributed by atoms with E-state index in [4.69, 9.17) is 16.0 Å². The Morgan fingerprint density at radius 1 is 1.11 bits per heavy atom. The van der Waals surface area contributed by atoms with Gasteiger partial charge in [0.2, 0.25) is 0 Å². The van der Waals surface area contributed by atoms with E-state index in [-0.39, 0.29) is 0 Å². The maximum Gasteiger partial charge on any atom is 0.180 e. The molecule has 0 radical (unpaired) electrons. The predicted octanol–water partition coefficient (Wildman–Crippen LogP) is 2.96. The second kappa shape index (κ2) is 3.81. The van der Waals surface area contributed by atoms with E-state index in [1.165, 1.54) is 0 Å². The fraction of sp³-hybridized carbons (Fsp3) is 0.250. The average molecular weight is 263 g/mol. The molecule has 0 unspecified atom stereocenters. The first-order valence-corrected chi connectivity index (χ1v) is 5.89. The van der Waals surface area contributed by atoms with Gasteiger partial charge in [-0.2, -0.15) is 0 Å². The van der Waals surface area contributed by atoms with Crippen LogP contribution in [0, 0.1) is 20.8 Å². The number of rotatable bonds is 1. The van der Waals surface area contributed by atoms with Gasteiger partial charge in [-0.15, -0.1) is 10.2 Å². The molecule has 18 heavy (non-hydrogen) atoms. The van der Waals surface area contributed by atoms with Gasteiger partial charge in [0.1, 0.15) is 16.7 Å². The third kappa shape index (κ3) is 1.44. The third-order valence-electron chi connectivity index (χ3n) is 3.06. The van der Waals surface area contributed by atoms with Crippen LogP contribution in [0.25, 0.3) is 17.0 Å². The molecule has 92 valence electrons. The third-order valence-corrected chi connectivity index (χ3v) is 3.32. The molecule has 3 heterocycles. The summed E-state index contributed by atoms with van der Waals surface area (Å²) in [4.78, 5) is 3.99. The molecule has 0 spiro atoms. The zero-order valence-corrected chi connectivity index (χ0v) is 11.0. The second-order valence-electron chi connectivity index (χ2n) is 4.16. The molecule has 3 aromatic heterocycles. The van der Waals surface area contributed by atoms with E-state index in [0.717, 1.165) is 22.6 Å². The van der Waals surface area contributed by atoms with E-state index >= 15 is 0 Å². The maximum atomic E-state index is 6.15. The molecule has 0 saturated carbocycles. The number of hydrogen-bond acceptors (Lipinski definition) is 4. The molecule has 0 aliphatic carbocycles. The SMILES string of the molecule is Cc1oc(C)c(-c2nnc3cncc(Cl)n23)c1C. The van der Waals surface area contributed by atoms with Crippen LogP contribution in [-0.4, -0.2) is 19.6 Å². The zero-order valence-electron chi connectivity index (χ0n) is 10.2. The van der Waals surface area contributed by atoms with Crippen molar-refractivity contribution in [3.8, 4) is 11.4 Å². The van der Waals surface area contributed by atoms with Crippen molar-refractivity contribution in [3.63, 3.8) is 0 Å². The van der Waals surface area contributed by atoms with Gasteiger partial charge in [0, 0.05) is 5.56 Å². The molecule has 0 amide bonds. The summed E-state index contributed by atoms with van der Waals surface area (Å²) in [6, 6.07) is 0. The fourth-order valence-corrected chi connectivity index (χ4v) is 2.32. The van der Waals surface area contributed by atoms with Gasteiger partial charge in [-0.1, -0.05) is 11.6 Å². The van der Waals surface area contributed by atoms with Crippen molar-refractivity contribution < 1.29 is 4.42 Å². The Morgan fingerprint density at radius 3 is 2.56 bits per heavy atom. The van der Waals surface area contributed by atoms with Gasteiger partial charge in [-0.05, 0) is 20.8 Å². The highest BCUT2D eigenvalue weighted by Crippen LogP contribution is 2.31. The molecule has 0 saturated heterocycles. The zero-order chi connectivity index (χ0) is 12.9. The van der Waals surface area contributed by atoms with Crippen molar-refractivity contribution in [1.82, 2.24) is 19.6 Å². The van der Waals surface area contributed by atoms with Gasteiger partial charge < -0.3 is 4.42 Å². The molecule has 0 aromatic carbocycles. The highest BCUT2D eigenvalue weighted by atomic mass is 35.5. The molecule has 0 aliphatic rings. The van der Waals surface area contributed by atoms with Gasteiger partial charge in [0.15, 0.2) is 11.5 Å². The fourth-order valence-electron chi connectivity index (χ4n) is 2.10. The van der Waals surface area contributed by atoms with Crippen LogP contribution in [0.15, 0.2) is 16.8 Å². The molecule has 3 rings (SSSR count). The first-order valence-electron chi connectivity index (χ1n) is 5.51. The van der Waals surface area contributed by atoms with Gasteiger partial charge in [-0.3, -0.25) is 9.38 Å². The van der Waals surface area contributed by atoms with Crippen LogP contribution in [0.2, 0.25) is 5.15 Å². The van der Waals surface area contributed by atoms with E-state index in [1.54, 1.807) is 16.8 Å². The van der Waals surface area contributed by atoms with Crippen LogP contribution >= 0.6 is 11.6 Å². The number of hydrogen-bond donors (Lipinski definition) is 0. The second-order valence-corrected chi connectivity index (χ2v) is 4.55. The lowest BCUT2D eigenvalue weighted by atomic mass is 10.1. The van der Waals surface area contributed by atoms with Crippen molar-refractivity contribution >= 4 is 17.2 Å². The summed E-state index contributed by atoms with van der Waals surface area (Å²) in [7, 11) is 0. The van der Waals surface area contributed by atoms with Gasteiger partial charge in [0.05, 0.1) is 18.0 Å². The number of aromatic nitrogens is 4. The number of fused-ring (bicyclic) bond motifs is 1. The minimum atomic E-state index is 0.477. The van der Waals surface area contributed by atoms with Crippen molar-refractivity contribution in [3.05, 3.63) is 34.6 Å². The molecule has 0 aliphatic heterocycles. The average Bonchev–Trinajstić information content (AvgIpc) is 2.83. The standard InChI is InChI=1S/C12H11ClN4O/c1-6-7(2)18-8(3)11(6)12-16-15-10-5-14-4-9(13)17(10)12/h4-5H,1-3H3. The summed E-state index contributed by atoms with van der Waals surface area (Å²) in [6.45, 7) is 5.83. The summed E-state index contributed by atoms with van der Waals surface area (Å²) in [5, 5.41) is 8.74. The summed E-state index contributed by atoms with van der Waals surface area (Å²) < 4.78 is 7.38. The number of furan rings is 1. The summed E-state index contributed by atoms with van der Waals surface area (Å²) in [6.07, 6.45) is 3.19. The molecular formula is C12H11ClN4O. The Hall–Kier alpha value is -1.88. The minimum absolute atomic E-state index is 0.477. The molecule has 0 bridgehead atoms. The van der Waals surface area contributed by atoms with Gasteiger partial charge in [-0.25, -0.2) is 0 Å². The topological polar surface area (TPSA) is 56.2 Å². The Labute approximate surface area is 108 Å². The van der Waals surface area contributed by atoms with Crippen LogP contribution in [0.3, 0.4) is 0 Å². The summed E-state index contributed by atoms with van der Waals surface area (Å²) in [5.41, 5.74) is 2.61. The number of aryl methyl sites for hydroxylation is 2. The molecule has 5 nitrogen and oxygen atoms in total.